The fourth-order valence-corrected chi connectivity index (χ4v) is 2.38. The van der Waals surface area contributed by atoms with Crippen LogP contribution in [-0.4, -0.2) is 61.6 Å². The highest BCUT2D eigenvalue weighted by Gasteiger charge is 2.25. The van der Waals surface area contributed by atoms with Gasteiger partial charge in [-0.2, -0.15) is 0 Å². The molecular formula is C15H21N3O3. The molecule has 2 N–H and O–H groups in total. The van der Waals surface area contributed by atoms with E-state index in [0.717, 1.165) is 12.0 Å². The van der Waals surface area contributed by atoms with Gasteiger partial charge in [-0.05, 0) is 30.7 Å². The van der Waals surface area contributed by atoms with E-state index in [1.54, 1.807) is 9.80 Å². The van der Waals surface area contributed by atoms with Crippen molar-refractivity contribution >= 4 is 12.0 Å². The summed E-state index contributed by atoms with van der Waals surface area (Å²) in [5, 5.41) is 0. The van der Waals surface area contributed by atoms with Crippen molar-refractivity contribution in [3.63, 3.8) is 0 Å². The summed E-state index contributed by atoms with van der Waals surface area (Å²) in [5.74, 6) is -0.00110. The third-order valence-corrected chi connectivity index (χ3v) is 3.63. The Morgan fingerprint density at radius 2 is 1.67 bits per heavy atom. The number of rotatable bonds is 3. The second kappa shape index (κ2) is 7.08. The summed E-state index contributed by atoms with van der Waals surface area (Å²) >= 11 is 0. The fraction of sp³-hybridized carbons (Fsp3) is 0.467. The number of carbonyl (C=O) groups excluding carboxylic acids is 2. The van der Waals surface area contributed by atoms with Gasteiger partial charge in [0.05, 0.1) is 7.11 Å². The predicted molar refractivity (Wildman–Crippen MR) is 79.1 cm³/mol. The van der Waals surface area contributed by atoms with E-state index in [2.05, 4.69) is 4.74 Å². The summed E-state index contributed by atoms with van der Waals surface area (Å²) in [5.41, 5.74) is 7.30. The number of methoxy groups -OCH3 is 1. The SMILES string of the molecule is COC(=O)N1CCN(C(=O)c2ccc(CCN)cc2)CC1. The van der Waals surface area contributed by atoms with Crippen molar-refractivity contribution in [1.29, 1.82) is 0 Å². The third kappa shape index (κ3) is 3.72. The Hall–Kier alpha value is -2.08. The van der Waals surface area contributed by atoms with Gasteiger partial charge in [-0.25, -0.2) is 4.79 Å². The highest BCUT2D eigenvalue weighted by molar-refractivity contribution is 5.94. The number of carbonyl (C=O) groups is 2. The Kier molecular flexibility index (Phi) is 5.16. The molecule has 1 aromatic rings. The second-order valence-electron chi connectivity index (χ2n) is 4.98. The van der Waals surface area contributed by atoms with Gasteiger partial charge < -0.3 is 20.3 Å². The molecule has 0 unspecified atom stereocenters. The molecule has 1 aliphatic rings. The molecule has 114 valence electrons. The van der Waals surface area contributed by atoms with E-state index in [1.165, 1.54) is 7.11 Å². The van der Waals surface area contributed by atoms with Crippen molar-refractivity contribution in [1.82, 2.24) is 9.80 Å². The van der Waals surface area contributed by atoms with Gasteiger partial charge >= 0.3 is 6.09 Å². The fourth-order valence-electron chi connectivity index (χ4n) is 2.38. The molecule has 0 bridgehead atoms. The van der Waals surface area contributed by atoms with Crippen LogP contribution in [-0.2, 0) is 11.2 Å². The predicted octanol–water partition coefficient (Wildman–Crippen LogP) is 0.712. The van der Waals surface area contributed by atoms with Crippen LogP contribution in [0, 0.1) is 0 Å². The molecule has 1 heterocycles. The molecular weight excluding hydrogens is 270 g/mol. The van der Waals surface area contributed by atoms with Crippen LogP contribution in [0.15, 0.2) is 24.3 Å². The molecule has 21 heavy (non-hydrogen) atoms. The zero-order chi connectivity index (χ0) is 15.2. The van der Waals surface area contributed by atoms with Crippen molar-refractivity contribution in [3.8, 4) is 0 Å². The number of piperazine rings is 1. The number of benzene rings is 1. The molecule has 0 aromatic heterocycles. The molecule has 1 saturated heterocycles. The molecule has 6 nitrogen and oxygen atoms in total. The van der Waals surface area contributed by atoms with Crippen LogP contribution in [0.5, 0.6) is 0 Å². The molecule has 0 aliphatic carbocycles. The third-order valence-electron chi connectivity index (χ3n) is 3.63. The molecule has 2 amide bonds. The second-order valence-corrected chi connectivity index (χ2v) is 4.98. The van der Waals surface area contributed by atoms with Gasteiger partial charge in [0.25, 0.3) is 5.91 Å². The number of amides is 2. The van der Waals surface area contributed by atoms with Gasteiger partial charge in [-0.3, -0.25) is 4.79 Å². The number of nitrogens with zero attached hydrogens (tertiary/aromatic N) is 2. The van der Waals surface area contributed by atoms with Crippen LogP contribution in [0.3, 0.4) is 0 Å². The summed E-state index contributed by atoms with van der Waals surface area (Å²) < 4.78 is 4.68. The molecule has 0 radical (unpaired) electrons. The van der Waals surface area contributed by atoms with E-state index in [9.17, 15) is 9.59 Å². The average Bonchev–Trinajstić information content (AvgIpc) is 2.54. The number of ether oxygens (including phenoxy) is 1. The van der Waals surface area contributed by atoms with E-state index in [-0.39, 0.29) is 12.0 Å². The van der Waals surface area contributed by atoms with Crippen molar-refractivity contribution in [2.24, 2.45) is 5.73 Å². The zero-order valence-corrected chi connectivity index (χ0v) is 12.2. The Morgan fingerprint density at radius 3 is 2.19 bits per heavy atom. The minimum atomic E-state index is -0.340. The first-order chi connectivity index (χ1) is 10.2. The molecule has 0 atom stereocenters. The summed E-state index contributed by atoms with van der Waals surface area (Å²) in [6.07, 6.45) is 0.472. The maximum atomic E-state index is 12.4. The molecule has 2 rings (SSSR count). The smallest absolute Gasteiger partial charge is 0.409 e. The first kappa shape index (κ1) is 15.3. The van der Waals surface area contributed by atoms with Crippen molar-refractivity contribution in [2.75, 3.05) is 39.8 Å². The van der Waals surface area contributed by atoms with Gasteiger partial charge in [0.1, 0.15) is 0 Å². The van der Waals surface area contributed by atoms with Crippen LogP contribution >= 0.6 is 0 Å². The first-order valence-corrected chi connectivity index (χ1v) is 7.07. The van der Waals surface area contributed by atoms with E-state index >= 15 is 0 Å². The molecule has 6 heteroatoms. The Bertz CT molecular complexity index is 493. The largest absolute Gasteiger partial charge is 0.453 e. The number of hydrogen-bond donors (Lipinski definition) is 1. The monoisotopic (exact) mass is 291 g/mol. The maximum absolute atomic E-state index is 12.4. The minimum absolute atomic E-state index is 0.00110. The van der Waals surface area contributed by atoms with E-state index < -0.39 is 0 Å². The van der Waals surface area contributed by atoms with Crippen LogP contribution in [0.4, 0.5) is 4.79 Å². The number of nitrogens with two attached hydrogens (primary N) is 1. The highest BCUT2D eigenvalue weighted by atomic mass is 16.5. The Morgan fingerprint density at radius 1 is 1.10 bits per heavy atom. The average molecular weight is 291 g/mol. The maximum Gasteiger partial charge on any atom is 0.409 e. The molecule has 0 spiro atoms. The molecule has 1 aromatic carbocycles. The van der Waals surface area contributed by atoms with Gasteiger partial charge in [-0.15, -0.1) is 0 Å². The Labute approximate surface area is 124 Å². The van der Waals surface area contributed by atoms with Crippen LogP contribution < -0.4 is 5.73 Å². The highest BCUT2D eigenvalue weighted by Crippen LogP contribution is 2.11. The quantitative estimate of drug-likeness (QED) is 0.890. The molecule has 1 aliphatic heterocycles. The first-order valence-electron chi connectivity index (χ1n) is 7.07. The topological polar surface area (TPSA) is 75.9 Å². The summed E-state index contributed by atoms with van der Waals surface area (Å²) in [4.78, 5) is 27.2. The summed E-state index contributed by atoms with van der Waals surface area (Å²) in [6, 6.07) is 7.54. The summed E-state index contributed by atoms with van der Waals surface area (Å²) in [6.45, 7) is 2.66. The van der Waals surface area contributed by atoms with E-state index in [0.29, 0.717) is 38.3 Å². The van der Waals surface area contributed by atoms with Crippen LogP contribution in [0.25, 0.3) is 0 Å². The lowest BCUT2D eigenvalue weighted by Gasteiger charge is -2.33. The van der Waals surface area contributed by atoms with Gasteiger partial charge in [0.15, 0.2) is 0 Å². The Balaban J connectivity index is 1.93. The van der Waals surface area contributed by atoms with Crippen molar-refractivity contribution in [3.05, 3.63) is 35.4 Å². The van der Waals surface area contributed by atoms with Crippen molar-refractivity contribution < 1.29 is 14.3 Å². The molecule has 1 fully saturated rings. The minimum Gasteiger partial charge on any atom is -0.453 e. The standard InChI is InChI=1S/C15H21N3O3/c1-21-15(20)18-10-8-17(9-11-18)14(19)13-4-2-12(3-5-13)6-7-16/h2-5H,6-11,16H2,1H3. The van der Waals surface area contributed by atoms with E-state index in [1.807, 2.05) is 24.3 Å². The van der Waals surface area contributed by atoms with Gasteiger partial charge in [-0.1, -0.05) is 12.1 Å². The normalized spacial score (nSPS) is 15.0. The van der Waals surface area contributed by atoms with Crippen LogP contribution in [0.2, 0.25) is 0 Å². The lowest BCUT2D eigenvalue weighted by molar-refractivity contribution is 0.0599. The number of hydrogen-bond acceptors (Lipinski definition) is 4. The van der Waals surface area contributed by atoms with Gasteiger partial charge in [0.2, 0.25) is 0 Å². The van der Waals surface area contributed by atoms with Gasteiger partial charge in [0, 0.05) is 31.7 Å². The van der Waals surface area contributed by atoms with Crippen molar-refractivity contribution in [2.45, 2.75) is 6.42 Å². The molecule has 0 saturated carbocycles. The van der Waals surface area contributed by atoms with E-state index in [4.69, 9.17) is 5.73 Å². The lowest BCUT2D eigenvalue weighted by atomic mass is 10.1. The van der Waals surface area contributed by atoms with Crippen LogP contribution in [0.1, 0.15) is 15.9 Å². The lowest BCUT2D eigenvalue weighted by Crippen LogP contribution is -2.50. The summed E-state index contributed by atoms with van der Waals surface area (Å²) in [7, 11) is 1.36. The zero-order valence-electron chi connectivity index (χ0n) is 12.2.